The van der Waals surface area contributed by atoms with Gasteiger partial charge in [0.25, 0.3) is 10.0 Å². The van der Waals surface area contributed by atoms with Gasteiger partial charge in [-0.15, -0.1) is 5.10 Å². The maximum Gasteiger partial charge on any atom is 0.258 e. The summed E-state index contributed by atoms with van der Waals surface area (Å²) in [5, 5.41) is 9.02. The van der Waals surface area contributed by atoms with Crippen LogP contribution in [-0.4, -0.2) is 28.0 Å². The van der Waals surface area contributed by atoms with Crippen LogP contribution in [0.2, 0.25) is 0 Å². The van der Waals surface area contributed by atoms with Gasteiger partial charge in [-0.3, -0.25) is 0 Å². The molecule has 2 aromatic rings. The average molecular weight is 233 g/mol. The second-order valence-corrected chi connectivity index (χ2v) is 4.17. The zero-order valence-corrected chi connectivity index (χ0v) is 8.49. The van der Waals surface area contributed by atoms with E-state index in [1.807, 2.05) is 0 Å². The molecule has 2 heterocycles. The molecule has 0 atom stereocenters. The number of primary sulfonamides is 1. The third-order valence-corrected chi connectivity index (χ3v) is 2.47. The van der Waals surface area contributed by atoms with Gasteiger partial charge >= 0.3 is 0 Å². The van der Waals surface area contributed by atoms with Gasteiger partial charge in [-0.05, 0) is 11.5 Å². The average Bonchev–Trinajstić information content (AvgIpc) is 2.80. The first-order valence-corrected chi connectivity index (χ1v) is 5.71. The first-order valence-electron chi connectivity index (χ1n) is 3.33. The van der Waals surface area contributed by atoms with Crippen molar-refractivity contribution in [2.45, 2.75) is 5.03 Å². The topological polar surface area (TPSA) is 115 Å². The molecule has 0 fully saturated rings. The van der Waals surface area contributed by atoms with Gasteiger partial charge in [0.2, 0.25) is 5.03 Å². The molecule has 0 saturated carbocycles. The van der Waals surface area contributed by atoms with Crippen molar-refractivity contribution >= 4 is 21.6 Å². The molecule has 2 rings (SSSR count). The number of H-pyrrole nitrogens is 1. The van der Waals surface area contributed by atoms with Crippen molar-refractivity contribution in [1.82, 2.24) is 19.6 Å². The van der Waals surface area contributed by atoms with E-state index >= 15 is 0 Å². The van der Waals surface area contributed by atoms with Crippen LogP contribution in [-0.2, 0) is 10.0 Å². The standard InChI is InChI=1S/C3H4N2.C2H3N3O2S2/c1-2-5-3-4-1;3-9(6,7)2-1-8-5-4-2/h1-3H,(H,4,5);1H,(H2,3,6,7). The second kappa shape index (κ2) is 4.79. The summed E-state index contributed by atoms with van der Waals surface area (Å²) in [4.78, 5) is 6.42. The zero-order chi connectivity index (χ0) is 10.4. The van der Waals surface area contributed by atoms with Gasteiger partial charge in [0.15, 0.2) is 0 Å². The largest absolute Gasteiger partial charge is 0.351 e. The van der Waals surface area contributed by atoms with E-state index in [0.29, 0.717) is 0 Å². The van der Waals surface area contributed by atoms with Crippen molar-refractivity contribution in [3.05, 3.63) is 24.1 Å². The molecule has 2 aromatic heterocycles. The minimum atomic E-state index is -3.62. The molecule has 0 aromatic carbocycles. The number of nitrogens with two attached hydrogens (primary N) is 1. The summed E-state index contributed by atoms with van der Waals surface area (Å²) in [5.41, 5.74) is 0. The summed E-state index contributed by atoms with van der Waals surface area (Å²) in [7, 11) is -3.62. The highest BCUT2D eigenvalue weighted by molar-refractivity contribution is 7.89. The van der Waals surface area contributed by atoms with Crippen molar-refractivity contribution in [2.24, 2.45) is 5.14 Å². The molecule has 0 aliphatic carbocycles. The molecule has 0 radical (unpaired) electrons. The van der Waals surface area contributed by atoms with E-state index in [-0.39, 0.29) is 5.03 Å². The summed E-state index contributed by atoms with van der Waals surface area (Å²) in [5.74, 6) is 0. The van der Waals surface area contributed by atoms with Crippen molar-refractivity contribution < 1.29 is 8.42 Å². The Hall–Kier alpha value is -1.32. The number of nitrogens with one attached hydrogen (secondary N) is 1. The van der Waals surface area contributed by atoms with E-state index in [9.17, 15) is 8.42 Å². The Balaban J connectivity index is 0.000000165. The SMILES string of the molecule is NS(=O)(=O)c1csnn1.c1c[nH]cn1. The fourth-order valence-electron chi connectivity index (χ4n) is 0.495. The minimum Gasteiger partial charge on any atom is -0.351 e. The van der Waals surface area contributed by atoms with Crippen LogP contribution in [0.5, 0.6) is 0 Å². The predicted molar refractivity (Wildman–Crippen MR) is 49.9 cm³/mol. The Morgan fingerprint density at radius 1 is 1.50 bits per heavy atom. The number of sulfonamides is 1. The summed E-state index contributed by atoms with van der Waals surface area (Å²) in [6.07, 6.45) is 5.08. The van der Waals surface area contributed by atoms with Gasteiger partial charge in [-0.1, -0.05) is 4.49 Å². The summed E-state index contributed by atoms with van der Waals surface area (Å²) < 4.78 is 24.1. The number of aromatic amines is 1. The molecule has 0 amide bonds. The molecule has 0 unspecified atom stereocenters. The molecule has 0 bridgehead atoms. The Kier molecular flexibility index (Phi) is 3.68. The lowest BCUT2D eigenvalue weighted by atomic mass is 11.0. The Labute approximate surface area is 84.2 Å². The first-order chi connectivity index (χ1) is 6.61. The van der Waals surface area contributed by atoms with Crippen LogP contribution in [0.3, 0.4) is 0 Å². The van der Waals surface area contributed by atoms with E-state index in [1.54, 1.807) is 18.7 Å². The summed E-state index contributed by atoms with van der Waals surface area (Å²) >= 11 is 0.946. The number of aromatic nitrogens is 4. The highest BCUT2D eigenvalue weighted by atomic mass is 32.2. The molecule has 7 nitrogen and oxygen atoms in total. The van der Waals surface area contributed by atoms with Gasteiger partial charge in [0, 0.05) is 12.4 Å². The van der Waals surface area contributed by atoms with Gasteiger partial charge in [-0.25, -0.2) is 18.5 Å². The molecule has 14 heavy (non-hydrogen) atoms. The number of hydrogen-bond donors (Lipinski definition) is 2. The number of rotatable bonds is 1. The second-order valence-electron chi connectivity index (χ2n) is 2.05. The molecule has 0 saturated heterocycles. The molecule has 0 aliphatic rings. The highest BCUT2D eigenvalue weighted by Crippen LogP contribution is 2.01. The molecule has 3 N–H and O–H groups in total. The summed E-state index contributed by atoms with van der Waals surface area (Å²) in [6, 6.07) is 0. The van der Waals surface area contributed by atoms with Gasteiger partial charge in [0.05, 0.1) is 11.7 Å². The molecule has 76 valence electrons. The van der Waals surface area contributed by atoms with Crippen LogP contribution in [0, 0.1) is 0 Å². The van der Waals surface area contributed by atoms with E-state index in [1.165, 1.54) is 5.38 Å². The van der Waals surface area contributed by atoms with Crippen LogP contribution < -0.4 is 5.14 Å². The van der Waals surface area contributed by atoms with E-state index in [2.05, 4.69) is 24.7 Å². The number of hydrogen-bond acceptors (Lipinski definition) is 6. The highest BCUT2D eigenvalue weighted by Gasteiger charge is 2.09. The van der Waals surface area contributed by atoms with Crippen LogP contribution >= 0.6 is 11.5 Å². The third-order valence-electron chi connectivity index (χ3n) is 1.04. The monoisotopic (exact) mass is 233 g/mol. The molecule has 0 aliphatic heterocycles. The van der Waals surface area contributed by atoms with E-state index in [0.717, 1.165) is 11.5 Å². The predicted octanol–water partition coefficient (Wildman–Crippen LogP) is -0.405. The minimum absolute atomic E-state index is 0.174. The summed E-state index contributed by atoms with van der Waals surface area (Å²) in [6.45, 7) is 0. The van der Waals surface area contributed by atoms with Gasteiger partial charge < -0.3 is 4.98 Å². The van der Waals surface area contributed by atoms with E-state index in [4.69, 9.17) is 0 Å². The first kappa shape index (κ1) is 10.8. The molecule has 9 heteroatoms. The third kappa shape index (κ3) is 3.60. The lowest BCUT2D eigenvalue weighted by Gasteiger charge is -1.83. The molecular formula is C5H7N5O2S2. The maximum absolute atomic E-state index is 10.4. The van der Waals surface area contributed by atoms with Crippen molar-refractivity contribution in [2.75, 3.05) is 0 Å². The van der Waals surface area contributed by atoms with Crippen molar-refractivity contribution in [3.63, 3.8) is 0 Å². The number of imidazole rings is 1. The van der Waals surface area contributed by atoms with Crippen LogP contribution in [0.15, 0.2) is 29.1 Å². The van der Waals surface area contributed by atoms with Crippen LogP contribution in [0.4, 0.5) is 0 Å². The Morgan fingerprint density at radius 3 is 2.50 bits per heavy atom. The fourth-order valence-corrected chi connectivity index (χ4v) is 1.69. The van der Waals surface area contributed by atoms with Gasteiger partial charge in [-0.2, -0.15) is 0 Å². The van der Waals surface area contributed by atoms with Crippen LogP contribution in [0.25, 0.3) is 0 Å². The normalized spacial score (nSPS) is 10.4. The smallest absolute Gasteiger partial charge is 0.258 e. The lowest BCUT2D eigenvalue weighted by molar-refractivity contribution is 0.593. The maximum atomic E-state index is 10.4. The Bertz CT molecular complexity index is 417. The van der Waals surface area contributed by atoms with Gasteiger partial charge in [0.1, 0.15) is 0 Å². The zero-order valence-electron chi connectivity index (χ0n) is 6.86. The van der Waals surface area contributed by atoms with Crippen molar-refractivity contribution in [1.29, 1.82) is 0 Å². The fraction of sp³-hybridized carbons (Fsp3) is 0. The van der Waals surface area contributed by atoms with Crippen molar-refractivity contribution in [3.8, 4) is 0 Å². The molecular weight excluding hydrogens is 226 g/mol. The van der Waals surface area contributed by atoms with Crippen LogP contribution in [0.1, 0.15) is 0 Å². The Morgan fingerprint density at radius 2 is 2.29 bits per heavy atom. The molecule has 0 spiro atoms. The quantitative estimate of drug-likeness (QED) is 0.695. The lowest BCUT2D eigenvalue weighted by Crippen LogP contribution is -2.12. The van der Waals surface area contributed by atoms with E-state index < -0.39 is 10.0 Å². The number of nitrogens with zero attached hydrogens (tertiary/aromatic N) is 3.